The summed E-state index contributed by atoms with van der Waals surface area (Å²) >= 11 is 3.31. The summed E-state index contributed by atoms with van der Waals surface area (Å²) in [6, 6.07) is 11.7. The molecular formula is C13H10BrNO3. The molecule has 2 aromatic rings. The molecule has 0 amide bonds. The molecule has 5 heteroatoms. The molecule has 0 saturated carbocycles. The molecule has 18 heavy (non-hydrogen) atoms. The minimum absolute atomic E-state index is 0.0370. The first-order chi connectivity index (χ1) is 8.58. The Morgan fingerprint density at radius 1 is 1.22 bits per heavy atom. The second kappa shape index (κ2) is 5.10. The first kappa shape index (κ1) is 12.4. The van der Waals surface area contributed by atoms with E-state index in [1.807, 2.05) is 6.07 Å². The monoisotopic (exact) mass is 307 g/mol. The zero-order valence-corrected chi connectivity index (χ0v) is 10.8. The van der Waals surface area contributed by atoms with E-state index in [9.17, 15) is 4.79 Å². The first-order valence-corrected chi connectivity index (χ1v) is 5.92. The Balaban J connectivity index is 2.42. The van der Waals surface area contributed by atoms with Gasteiger partial charge in [-0.15, -0.1) is 0 Å². The zero-order valence-electron chi connectivity index (χ0n) is 9.26. The van der Waals surface area contributed by atoms with Gasteiger partial charge in [-0.05, 0) is 30.3 Å². The van der Waals surface area contributed by atoms with Gasteiger partial charge in [0, 0.05) is 4.47 Å². The molecule has 0 aromatic heterocycles. The van der Waals surface area contributed by atoms with Gasteiger partial charge in [-0.2, -0.15) is 0 Å². The van der Waals surface area contributed by atoms with Crippen molar-refractivity contribution < 1.29 is 14.6 Å². The average Bonchev–Trinajstić information content (AvgIpc) is 2.31. The molecule has 0 spiro atoms. The number of hydrogen-bond donors (Lipinski definition) is 2. The van der Waals surface area contributed by atoms with Crippen LogP contribution in [0.25, 0.3) is 0 Å². The van der Waals surface area contributed by atoms with Crippen LogP contribution in [0.1, 0.15) is 10.4 Å². The number of aromatic carboxylic acids is 1. The predicted molar refractivity (Wildman–Crippen MR) is 72.0 cm³/mol. The fourth-order valence-electron chi connectivity index (χ4n) is 1.49. The summed E-state index contributed by atoms with van der Waals surface area (Å²) in [6.45, 7) is 0. The minimum Gasteiger partial charge on any atom is -0.478 e. The molecule has 92 valence electrons. The van der Waals surface area contributed by atoms with E-state index >= 15 is 0 Å². The van der Waals surface area contributed by atoms with Crippen molar-refractivity contribution in [2.75, 3.05) is 5.73 Å². The van der Waals surface area contributed by atoms with Crippen molar-refractivity contribution in [2.24, 2.45) is 0 Å². The van der Waals surface area contributed by atoms with Crippen molar-refractivity contribution in [3.8, 4) is 11.5 Å². The molecule has 2 rings (SSSR count). The topological polar surface area (TPSA) is 72.6 Å². The largest absolute Gasteiger partial charge is 0.478 e. The molecule has 4 nitrogen and oxygen atoms in total. The molecule has 3 N–H and O–H groups in total. The van der Waals surface area contributed by atoms with E-state index in [0.29, 0.717) is 5.75 Å². The van der Waals surface area contributed by atoms with Gasteiger partial charge < -0.3 is 15.6 Å². The number of benzene rings is 2. The summed E-state index contributed by atoms with van der Waals surface area (Å²) in [5, 5.41) is 9.08. The molecule has 0 heterocycles. The van der Waals surface area contributed by atoms with Crippen LogP contribution in [-0.4, -0.2) is 11.1 Å². The Morgan fingerprint density at radius 3 is 2.61 bits per heavy atom. The number of carboxylic acid groups (broad SMARTS) is 1. The summed E-state index contributed by atoms with van der Waals surface area (Å²) in [5.74, 6) is -0.403. The van der Waals surface area contributed by atoms with Gasteiger partial charge in [-0.3, -0.25) is 0 Å². The SMILES string of the molecule is Nc1cccc(C(=O)O)c1Oc1cccc(Br)c1. The molecule has 0 saturated heterocycles. The highest BCUT2D eigenvalue weighted by Crippen LogP contribution is 2.32. The number of nitrogens with two attached hydrogens (primary N) is 1. The molecule has 0 aliphatic heterocycles. The first-order valence-electron chi connectivity index (χ1n) is 5.13. The van der Waals surface area contributed by atoms with Crippen LogP contribution < -0.4 is 10.5 Å². The molecule has 0 unspecified atom stereocenters. The van der Waals surface area contributed by atoms with E-state index in [4.69, 9.17) is 15.6 Å². The van der Waals surface area contributed by atoms with Crippen molar-refractivity contribution >= 4 is 27.6 Å². The lowest BCUT2D eigenvalue weighted by molar-refractivity contribution is 0.0694. The summed E-state index contributed by atoms with van der Waals surface area (Å²) in [6.07, 6.45) is 0. The lowest BCUT2D eigenvalue weighted by Gasteiger charge is -2.11. The Bertz CT molecular complexity index is 599. The number of nitrogen functional groups attached to an aromatic ring is 1. The molecule has 0 aliphatic carbocycles. The van der Waals surface area contributed by atoms with Crippen molar-refractivity contribution in [2.45, 2.75) is 0 Å². The molecule has 0 bridgehead atoms. The predicted octanol–water partition coefficient (Wildman–Crippen LogP) is 3.52. The smallest absolute Gasteiger partial charge is 0.339 e. The second-order valence-corrected chi connectivity index (χ2v) is 4.50. The average molecular weight is 308 g/mol. The normalized spacial score (nSPS) is 10.1. The van der Waals surface area contributed by atoms with Crippen molar-refractivity contribution in [1.82, 2.24) is 0 Å². The Kier molecular flexibility index (Phi) is 3.53. The molecule has 0 radical (unpaired) electrons. The summed E-state index contributed by atoms with van der Waals surface area (Å²) < 4.78 is 6.39. The van der Waals surface area contributed by atoms with Gasteiger partial charge in [0.25, 0.3) is 0 Å². The third-order valence-corrected chi connectivity index (χ3v) is 2.79. The number of ether oxygens (including phenoxy) is 1. The van der Waals surface area contributed by atoms with E-state index in [1.54, 1.807) is 30.3 Å². The van der Waals surface area contributed by atoms with Crippen LogP contribution in [-0.2, 0) is 0 Å². The van der Waals surface area contributed by atoms with Gasteiger partial charge >= 0.3 is 5.97 Å². The van der Waals surface area contributed by atoms with E-state index < -0.39 is 5.97 Å². The fraction of sp³-hybridized carbons (Fsp3) is 0. The maximum absolute atomic E-state index is 11.1. The van der Waals surface area contributed by atoms with Crippen LogP contribution in [0, 0.1) is 0 Å². The highest BCUT2D eigenvalue weighted by molar-refractivity contribution is 9.10. The van der Waals surface area contributed by atoms with Crippen LogP contribution in [0.3, 0.4) is 0 Å². The lowest BCUT2D eigenvalue weighted by atomic mass is 10.1. The number of halogens is 1. The molecular weight excluding hydrogens is 298 g/mol. The third-order valence-electron chi connectivity index (χ3n) is 2.29. The van der Waals surface area contributed by atoms with Crippen molar-refractivity contribution in [3.05, 3.63) is 52.5 Å². The maximum atomic E-state index is 11.1. The third kappa shape index (κ3) is 2.62. The fourth-order valence-corrected chi connectivity index (χ4v) is 1.86. The number of anilines is 1. The van der Waals surface area contributed by atoms with Crippen LogP contribution in [0.15, 0.2) is 46.9 Å². The van der Waals surface area contributed by atoms with Crippen molar-refractivity contribution in [1.29, 1.82) is 0 Å². The highest BCUT2D eigenvalue weighted by Gasteiger charge is 2.14. The second-order valence-electron chi connectivity index (χ2n) is 3.59. The van der Waals surface area contributed by atoms with E-state index in [0.717, 1.165) is 4.47 Å². The van der Waals surface area contributed by atoms with E-state index in [-0.39, 0.29) is 17.0 Å². The summed E-state index contributed by atoms with van der Waals surface area (Å²) in [5.41, 5.74) is 6.07. The van der Waals surface area contributed by atoms with Gasteiger partial charge in [0.2, 0.25) is 0 Å². The van der Waals surface area contributed by atoms with Gasteiger partial charge in [0.05, 0.1) is 5.69 Å². The van der Waals surface area contributed by atoms with Crippen molar-refractivity contribution in [3.63, 3.8) is 0 Å². The van der Waals surface area contributed by atoms with E-state index in [1.165, 1.54) is 6.07 Å². The standard InChI is InChI=1S/C13H10BrNO3/c14-8-3-1-4-9(7-8)18-12-10(13(16)17)5-2-6-11(12)15/h1-7H,15H2,(H,16,17). The van der Waals surface area contributed by atoms with Crippen LogP contribution in [0.5, 0.6) is 11.5 Å². The molecule has 2 aromatic carbocycles. The molecule has 0 atom stereocenters. The zero-order chi connectivity index (χ0) is 13.1. The molecule has 0 aliphatic rings. The van der Waals surface area contributed by atoms with Gasteiger partial charge in [-0.25, -0.2) is 4.79 Å². The number of hydrogen-bond acceptors (Lipinski definition) is 3. The number of carboxylic acids is 1. The van der Waals surface area contributed by atoms with Crippen LogP contribution >= 0.6 is 15.9 Å². The van der Waals surface area contributed by atoms with Gasteiger partial charge in [-0.1, -0.05) is 28.1 Å². The van der Waals surface area contributed by atoms with Gasteiger partial charge in [0.1, 0.15) is 11.3 Å². The quantitative estimate of drug-likeness (QED) is 0.851. The summed E-state index contributed by atoms with van der Waals surface area (Å²) in [4.78, 5) is 11.1. The molecule has 0 fully saturated rings. The Morgan fingerprint density at radius 2 is 1.94 bits per heavy atom. The highest BCUT2D eigenvalue weighted by atomic mass is 79.9. The van der Waals surface area contributed by atoms with Crippen LogP contribution in [0.2, 0.25) is 0 Å². The Hall–Kier alpha value is -2.01. The summed E-state index contributed by atoms with van der Waals surface area (Å²) in [7, 11) is 0. The lowest BCUT2D eigenvalue weighted by Crippen LogP contribution is -2.02. The minimum atomic E-state index is -1.08. The van der Waals surface area contributed by atoms with Crippen LogP contribution in [0.4, 0.5) is 5.69 Å². The van der Waals surface area contributed by atoms with Gasteiger partial charge in [0.15, 0.2) is 5.75 Å². The van der Waals surface area contributed by atoms with E-state index in [2.05, 4.69) is 15.9 Å². The number of rotatable bonds is 3. The Labute approximate surface area is 112 Å². The maximum Gasteiger partial charge on any atom is 0.339 e. The number of para-hydroxylation sites is 1. The number of carbonyl (C=O) groups is 1.